The molecule has 10 atom stereocenters. The topological polar surface area (TPSA) is 484 Å². The minimum Gasteiger partial charge on any atom is -0.508 e. The van der Waals surface area contributed by atoms with Crippen LogP contribution in [0.2, 0.25) is 0 Å². The van der Waals surface area contributed by atoms with Crippen LogP contribution in [0.4, 0.5) is 11.4 Å². The Morgan fingerprint density at radius 1 is 0.456 bits per heavy atom. The SMILES string of the molecule is CC(=O)O[C@@H](C)C(=O)O[C@H](C)C(=O)O[C@H](C)C(=O)O[C@H](C)C(=O)O[C@H](C)C(=O)O.CCN(CC)CCNC(=O)c1c(C)[nH]c(/C=C2\C(=O)Nc3ccc(O)cc32)c1C.CCN(CC)CCNC(=O)c1c(C)[nH]c(/C=C2\CNc3ccc(OC(=O)[C@H](C)OC(=O)[C@H](C)OC(=O)[C@H](C)OC(=O)[C@H](C)OC(=O)[C@H](C)OC(C)=O)cc32)c1C. The number of hydrogen-bond donors (Lipinski definition) is 8. The molecule has 0 saturated heterocycles. The first kappa shape index (κ1) is 94.4. The number of aromatic hydroxyl groups is 1. The van der Waals surface area contributed by atoms with E-state index in [0.717, 1.165) is 119 Å². The molecule has 0 aliphatic carbocycles. The van der Waals surface area contributed by atoms with E-state index < -0.39 is 133 Å². The van der Waals surface area contributed by atoms with Crippen LogP contribution in [-0.2, 0) is 110 Å². The largest absolute Gasteiger partial charge is 0.508 e. The van der Waals surface area contributed by atoms with Gasteiger partial charge in [0.15, 0.2) is 61.0 Å². The van der Waals surface area contributed by atoms with Crippen molar-refractivity contribution in [3.8, 4) is 11.5 Å². The Morgan fingerprint density at radius 2 is 0.798 bits per heavy atom. The van der Waals surface area contributed by atoms with E-state index in [9.17, 15) is 77.0 Å². The fourth-order valence-corrected chi connectivity index (χ4v) is 10.8. The third-order valence-electron chi connectivity index (χ3n) is 17.4. The average molecular weight is 1600 g/mol. The molecular formula is C78H104N8O28. The zero-order chi connectivity index (χ0) is 85.9. The highest BCUT2D eigenvalue weighted by molar-refractivity contribution is 6.35. The molecule has 4 aromatic rings. The Bertz CT molecular complexity index is 4260. The number of rotatable bonds is 35. The van der Waals surface area contributed by atoms with Gasteiger partial charge < -0.3 is 103 Å². The van der Waals surface area contributed by atoms with Crippen molar-refractivity contribution >= 4 is 124 Å². The van der Waals surface area contributed by atoms with Crippen molar-refractivity contribution in [2.75, 3.05) is 69.5 Å². The summed E-state index contributed by atoms with van der Waals surface area (Å²) >= 11 is 0. The molecular weight excluding hydrogens is 1500 g/mol. The second-order valence-electron chi connectivity index (χ2n) is 26.3. The van der Waals surface area contributed by atoms with Gasteiger partial charge in [0.25, 0.3) is 17.7 Å². The van der Waals surface area contributed by atoms with Gasteiger partial charge in [0, 0.05) is 91.8 Å². The number of carbonyl (C=O) groups is 15. The molecule has 36 heteroatoms. The number of aromatic nitrogens is 2. The summed E-state index contributed by atoms with van der Waals surface area (Å²) in [5, 5.41) is 30.5. The molecule has 0 unspecified atom stereocenters. The van der Waals surface area contributed by atoms with Gasteiger partial charge in [-0.1, -0.05) is 27.7 Å². The molecule has 0 radical (unpaired) electrons. The second-order valence-corrected chi connectivity index (χ2v) is 26.3. The number of carboxylic acids is 1. The average Bonchev–Trinajstić information content (AvgIpc) is 1.64. The number of esters is 11. The minimum atomic E-state index is -1.51. The summed E-state index contributed by atoms with van der Waals surface area (Å²) in [6.07, 6.45) is -10.5. The summed E-state index contributed by atoms with van der Waals surface area (Å²) in [5.41, 5.74) is 9.99. The van der Waals surface area contributed by atoms with Crippen LogP contribution in [0, 0.1) is 27.7 Å². The number of amides is 3. The highest BCUT2D eigenvalue weighted by Crippen LogP contribution is 2.38. The van der Waals surface area contributed by atoms with Gasteiger partial charge in [-0.3, -0.25) is 24.0 Å². The first-order valence-corrected chi connectivity index (χ1v) is 36.7. The molecule has 2 aliphatic rings. The number of likely N-dealkylation sites (N-methyl/N-ethyl adjacent to an activating group) is 2. The number of carbonyl (C=O) groups excluding carboxylic acids is 14. The number of carboxylic acid groups (broad SMARTS) is 1. The van der Waals surface area contributed by atoms with Crippen LogP contribution in [0.15, 0.2) is 36.4 Å². The van der Waals surface area contributed by atoms with Crippen molar-refractivity contribution in [1.29, 1.82) is 0 Å². The fourth-order valence-electron chi connectivity index (χ4n) is 10.8. The van der Waals surface area contributed by atoms with Gasteiger partial charge >= 0.3 is 71.6 Å². The second kappa shape index (κ2) is 44.3. The number of nitrogens with zero attached hydrogens (tertiary/aromatic N) is 2. The van der Waals surface area contributed by atoms with E-state index in [4.69, 9.17) is 43.0 Å². The standard InChI is InChI=1S/C39H52N4O13.C22H28N4O3.C17H24O12/c1-11-43(12-2)16-15-40-34(45)33-20(3)32(42-21(33)4)17-28-19-41-31-14-13-29(18-30(28)31)56-39(50)26(9)55-38(49)25(8)54-37(48)24(7)53-36(47)23(6)52-35(46)22(5)51-27(10)44;1-5-26(6-2)10-9-23-22(29)20-13(3)19(24-14(20)4)12-17-16-11-15(27)7-8-18(16)25-21(17)28;1-7(13(19)20)26-15(22)9(3)28-17(24)11(5)29-16(23)10(4)27-14(21)8(2)25-12(6)18/h13-14,17-18,22-26,41-42H,11-12,15-16,19H2,1-10H3,(H,40,45);7-8,11-12,24,27H,5-6,9-10H2,1-4H3,(H,23,29)(H,25,28);7-11H,1-6H3,(H,19,20)/b28-17+;17-12-;/t22-,23-,24-,25-,26-;;7-,8+,9-,10-,11-/m0.1/s1. The van der Waals surface area contributed by atoms with Crippen molar-refractivity contribution in [1.82, 2.24) is 30.4 Å². The van der Waals surface area contributed by atoms with Crippen LogP contribution < -0.4 is 26.0 Å². The molecule has 0 fully saturated rings. The molecule has 6 rings (SSSR count). The molecule has 36 nitrogen and oxygen atoms in total. The number of anilines is 2. The van der Waals surface area contributed by atoms with Crippen molar-refractivity contribution in [3.63, 3.8) is 0 Å². The van der Waals surface area contributed by atoms with Crippen molar-refractivity contribution in [2.24, 2.45) is 0 Å². The lowest BCUT2D eigenvalue weighted by atomic mass is 10.0. The molecule has 114 heavy (non-hydrogen) atoms. The van der Waals surface area contributed by atoms with Gasteiger partial charge in [-0.15, -0.1) is 0 Å². The number of aryl methyl sites for hydroxylation is 2. The third kappa shape index (κ3) is 28.1. The number of ether oxygens (including phenoxy) is 11. The van der Waals surface area contributed by atoms with Crippen LogP contribution in [-0.4, -0.2) is 239 Å². The molecule has 4 heterocycles. The maximum Gasteiger partial charge on any atom is 0.352 e. The van der Waals surface area contributed by atoms with Gasteiger partial charge in [-0.05, 0) is 188 Å². The number of nitrogens with one attached hydrogen (secondary N) is 6. The number of phenolic OH excluding ortho intramolecular Hbond substituents is 1. The van der Waals surface area contributed by atoms with Crippen molar-refractivity contribution in [2.45, 2.75) is 200 Å². The minimum absolute atomic E-state index is 0.0961. The van der Waals surface area contributed by atoms with Gasteiger partial charge in [0.1, 0.15) is 11.5 Å². The Kier molecular flexibility index (Phi) is 36.7. The van der Waals surface area contributed by atoms with E-state index in [1.807, 2.05) is 33.8 Å². The smallest absolute Gasteiger partial charge is 0.352 e. The molecule has 0 saturated carbocycles. The van der Waals surface area contributed by atoms with Crippen LogP contribution in [0.1, 0.15) is 177 Å². The lowest BCUT2D eigenvalue weighted by Gasteiger charge is -2.20. The maximum atomic E-state index is 13.1. The molecule has 2 aromatic heterocycles. The van der Waals surface area contributed by atoms with Crippen molar-refractivity contribution < 1.29 is 134 Å². The maximum absolute atomic E-state index is 13.1. The highest BCUT2D eigenvalue weighted by atomic mass is 16.7. The van der Waals surface area contributed by atoms with Crippen LogP contribution in [0.25, 0.3) is 23.3 Å². The zero-order valence-electron chi connectivity index (χ0n) is 67.7. The number of aromatic amines is 2. The molecule has 2 aromatic carbocycles. The first-order chi connectivity index (χ1) is 53.5. The molecule has 0 spiro atoms. The molecule has 3 amide bonds. The summed E-state index contributed by atoms with van der Waals surface area (Å²) in [5.74, 6) is -12.5. The zero-order valence-corrected chi connectivity index (χ0v) is 67.7. The van der Waals surface area contributed by atoms with E-state index in [0.29, 0.717) is 53.3 Å². The van der Waals surface area contributed by atoms with E-state index in [1.165, 1.54) is 54.5 Å². The Hall–Kier alpha value is -12.0. The van der Waals surface area contributed by atoms with Crippen LogP contribution >= 0.6 is 0 Å². The summed E-state index contributed by atoms with van der Waals surface area (Å²) in [6, 6.07) is 9.78. The normalized spacial score (nSPS) is 15.1. The van der Waals surface area contributed by atoms with Gasteiger partial charge in [-0.25, -0.2) is 47.9 Å². The Labute approximate surface area is 659 Å². The first-order valence-electron chi connectivity index (χ1n) is 36.7. The molecule has 0 bridgehead atoms. The van der Waals surface area contributed by atoms with E-state index in [1.54, 1.807) is 36.4 Å². The number of H-pyrrole nitrogens is 2. The number of hydrogen-bond acceptors (Lipinski definition) is 30. The van der Waals surface area contributed by atoms with Gasteiger partial charge in [0.05, 0.1) is 16.7 Å². The number of phenols is 1. The predicted octanol–water partition coefficient (Wildman–Crippen LogP) is 5.90. The van der Waals surface area contributed by atoms with Gasteiger partial charge in [0.2, 0.25) is 0 Å². The van der Waals surface area contributed by atoms with Crippen LogP contribution in [0.5, 0.6) is 11.5 Å². The molecule has 624 valence electrons. The van der Waals surface area contributed by atoms with Gasteiger partial charge in [-0.2, -0.15) is 0 Å². The highest BCUT2D eigenvalue weighted by Gasteiger charge is 2.35. The summed E-state index contributed by atoms with van der Waals surface area (Å²) < 4.78 is 53.7. The van der Waals surface area contributed by atoms with Crippen molar-refractivity contribution in [3.05, 3.63) is 92.6 Å². The van der Waals surface area contributed by atoms with E-state index >= 15 is 0 Å². The monoisotopic (exact) mass is 1600 g/mol. The summed E-state index contributed by atoms with van der Waals surface area (Å²) in [7, 11) is 0. The van der Waals surface area contributed by atoms with E-state index in [2.05, 4.69) is 82.9 Å². The summed E-state index contributed by atoms with van der Waals surface area (Å²) in [6.45, 7) is 36.8. The Morgan fingerprint density at radius 3 is 1.16 bits per heavy atom. The number of fused-ring (bicyclic) bond motifs is 2. The molecule has 8 N–H and O–H groups in total. The molecule has 2 aliphatic heterocycles. The fraction of sp³-hybridized carbons (Fsp3) is 0.500. The van der Waals surface area contributed by atoms with E-state index in [-0.39, 0.29) is 29.2 Å². The summed E-state index contributed by atoms with van der Waals surface area (Å²) in [4.78, 5) is 191. The predicted molar refractivity (Wildman–Crippen MR) is 408 cm³/mol. The Balaban J connectivity index is 0.000000396. The third-order valence-corrected chi connectivity index (χ3v) is 17.4. The lowest BCUT2D eigenvalue weighted by molar-refractivity contribution is -0.186. The number of aliphatic carboxylic acids is 1. The van der Waals surface area contributed by atoms with Crippen LogP contribution in [0.3, 0.4) is 0 Å². The quantitative estimate of drug-likeness (QED) is 0.00873. The number of benzene rings is 2. The lowest BCUT2D eigenvalue weighted by Crippen LogP contribution is -2.38.